The molecule has 1 N–H and O–H groups in total. The second-order valence-corrected chi connectivity index (χ2v) is 2.15. The molecular formula is C6H5F3N2O2. The Bertz CT molecular complexity index is 318. The number of H-pyrrole nitrogens is 1. The van der Waals surface area contributed by atoms with Gasteiger partial charge in [-0.05, 0) is 0 Å². The molecule has 1 rings (SSSR count). The van der Waals surface area contributed by atoms with Crippen molar-refractivity contribution in [3.05, 3.63) is 17.5 Å². The molecule has 0 aliphatic rings. The maximum absolute atomic E-state index is 12.1. The third-order valence-corrected chi connectivity index (χ3v) is 1.33. The van der Waals surface area contributed by atoms with Crippen molar-refractivity contribution in [2.24, 2.45) is 0 Å². The first-order valence-electron chi connectivity index (χ1n) is 3.15. The van der Waals surface area contributed by atoms with E-state index in [0.29, 0.717) is 6.20 Å². The Labute approximate surface area is 70.7 Å². The van der Waals surface area contributed by atoms with Crippen LogP contribution in [0.15, 0.2) is 6.20 Å². The minimum absolute atomic E-state index is 0.534. The number of nitrogens with one attached hydrogen (secondary N) is 1. The largest absolute Gasteiger partial charge is 0.464 e. The standard InChI is InChI=1S/C6H5F3N2O2/c1-13-5(12)4-3(2-10-11-4)6(7,8)9/h2H,1H3,(H,10,11). The van der Waals surface area contributed by atoms with Gasteiger partial charge in [-0.3, -0.25) is 5.10 Å². The number of hydrogen-bond acceptors (Lipinski definition) is 3. The number of rotatable bonds is 1. The van der Waals surface area contributed by atoms with Crippen LogP contribution < -0.4 is 0 Å². The van der Waals surface area contributed by atoms with E-state index in [9.17, 15) is 18.0 Å². The molecule has 0 amide bonds. The average Bonchev–Trinajstić information content (AvgIpc) is 2.49. The number of nitrogens with zero attached hydrogens (tertiary/aromatic N) is 1. The van der Waals surface area contributed by atoms with Crippen molar-refractivity contribution in [1.82, 2.24) is 10.2 Å². The maximum atomic E-state index is 12.1. The predicted octanol–water partition coefficient (Wildman–Crippen LogP) is 1.22. The second-order valence-electron chi connectivity index (χ2n) is 2.15. The van der Waals surface area contributed by atoms with Crippen molar-refractivity contribution in [2.45, 2.75) is 6.18 Å². The summed E-state index contributed by atoms with van der Waals surface area (Å²) in [6, 6.07) is 0. The lowest BCUT2D eigenvalue weighted by Crippen LogP contribution is -2.12. The summed E-state index contributed by atoms with van der Waals surface area (Å²) in [6.07, 6.45) is -4.07. The molecule has 0 aliphatic heterocycles. The molecule has 13 heavy (non-hydrogen) atoms. The summed E-state index contributed by atoms with van der Waals surface area (Å²) in [6.45, 7) is 0. The molecule has 1 heterocycles. The van der Waals surface area contributed by atoms with E-state index >= 15 is 0 Å². The van der Waals surface area contributed by atoms with Crippen LogP contribution in [0.25, 0.3) is 0 Å². The van der Waals surface area contributed by atoms with Crippen LogP contribution in [0.5, 0.6) is 0 Å². The number of carbonyl (C=O) groups is 1. The quantitative estimate of drug-likeness (QED) is 0.683. The van der Waals surface area contributed by atoms with Crippen LogP contribution in [0.3, 0.4) is 0 Å². The van der Waals surface area contributed by atoms with Crippen LogP contribution in [-0.2, 0) is 10.9 Å². The van der Waals surface area contributed by atoms with Crippen LogP contribution in [-0.4, -0.2) is 23.3 Å². The van der Waals surface area contributed by atoms with Crippen LogP contribution in [0.4, 0.5) is 13.2 Å². The van der Waals surface area contributed by atoms with E-state index < -0.39 is 23.4 Å². The fourth-order valence-electron chi connectivity index (χ4n) is 0.759. The van der Waals surface area contributed by atoms with Crippen LogP contribution in [0, 0.1) is 0 Å². The van der Waals surface area contributed by atoms with Gasteiger partial charge in [-0.1, -0.05) is 0 Å². The first kappa shape index (κ1) is 9.56. The van der Waals surface area contributed by atoms with Gasteiger partial charge in [-0.25, -0.2) is 4.79 Å². The van der Waals surface area contributed by atoms with Crippen LogP contribution >= 0.6 is 0 Å². The molecule has 7 heteroatoms. The summed E-state index contributed by atoms with van der Waals surface area (Å²) >= 11 is 0. The van der Waals surface area contributed by atoms with Gasteiger partial charge in [0, 0.05) is 0 Å². The highest BCUT2D eigenvalue weighted by molar-refractivity contribution is 5.88. The molecule has 0 aromatic carbocycles. The zero-order valence-corrected chi connectivity index (χ0v) is 6.47. The van der Waals surface area contributed by atoms with E-state index in [-0.39, 0.29) is 0 Å². The third-order valence-electron chi connectivity index (χ3n) is 1.33. The van der Waals surface area contributed by atoms with Gasteiger partial charge < -0.3 is 4.74 Å². The summed E-state index contributed by atoms with van der Waals surface area (Å²) in [5.41, 5.74) is -1.81. The van der Waals surface area contributed by atoms with Crippen molar-refractivity contribution >= 4 is 5.97 Å². The summed E-state index contributed by atoms with van der Waals surface area (Å²) in [7, 11) is 0.989. The van der Waals surface area contributed by atoms with Gasteiger partial charge >= 0.3 is 12.1 Å². The van der Waals surface area contributed by atoms with E-state index in [1.165, 1.54) is 0 Å². The van der Waals surface area contributed by atoms with Crippen molar-refractivity contribution in [1.29, 1.82) is 0 Å². The molecule has 0 saturated carbocycles. The molecule has 0 saturated heterocycles. The third kappa shape index (κ3) is 1.79. The highest BCUT2D eigenvalue weighted by atomic mass is 19.4. The molecule has 0 atom stereocenters. The number of esters is 1. The Morgan fingerprint density at radius 1 is 1.62 bits per heavy atom. The topological polar surface area (TPSA) is 55.0 Å². The van der Waals surface area contributed by atoms with Crippen molar-refractivity contribution in [3.63, 3.8) is 0 Å². The fraction of sp³-hybridized carbons (Fsp3) is 0.333. The number of methoxy groups -OCH3 is 1. The molecule has 0 aliphatic carbocycles. The van der Waals surface area contributed by atoms with Gasteiger partial charge in [0.1, 0.15) is 5.56 Å². The van der Waals surface area contributed by atoms with E-state index in [0.717, 1.165) is 7.11 Å². The zero-order chi connectivity index (χ0) is 10.1. The lowest BCUT2D eigenvalue weighted by Gasteiger charge is -2.04. The van der Waals surface area contributed by atoms with Gasteiger partial charge in [0.15, 0.2) is 5.69 Å². The number of carbonyl (C=O) groups excluding carboxylic acids is 1. The smallest absolute Gasteiger partial charge is 0.420 e. The minimum Gasteiger partial charge on any atom is -0.464 e. The van der Waals surface area contributed by atoms with Crippen LogP contribution in [0.2, 0.25) is 0 Å². The molecule has 0 radical (unpaired) electrons. The molecule has 0 bridgehead atoms. The van der Waals surface area contributed by atoms with Crippen molar-refractivity contribution in [2.75, 3.05) is 7.11 Å². The Hall–Kier alpha value is -1.53. The normalized spacial score (nSPS) is 11.4. The predicted molar refractivity (Wildman–Crippen MR) is 34.9 cm³/mol. The molecule has 4 nitrogen and oxygen atoms in total. The summed E-state index contributed by atoms with van der Waals surface area (Å²) in [4.78, 5) is 10.7. The summed E-state index contributed by atoms with van der Waals surface area (Å²) in [5.74, 6) is -1.09. The lowest BCUT2D eigenvalue weighted by molar-refractivity contribution is -0.138. The molecular weight excluding hydrogens is 189 g/mol. The van der Waals surface area contributed by atoms with Gasteiger partial charge in [0.25, 0.3) is 0 Å². The summed E-state index contributed by atoms with van der Waals surface area (Å²) in [5, 5.41) is 5.03. The van der Waals surface area contributed by atoms with Crippen molar-refractivity contribution in [3.8, 4) is 0 Å². The Morgan fingerprint density at radius 2 is 2.23 bits per heavy atom. The molecule has 1 aromatic rings. The Kier molecular flexibility index (Phi) is 2.26. The number of aromatic nitrogens is 2. The lowest BCUT2D eigenvalue weighted by atomic mass is 10.2. The molecule has 1 aromatic heterocycles. The van der Waals surface area contributed by atoms with Crippen molar-refractivity contribution < 1.29 is 22.7 Å². The second kappa shape index (κ2) is 3.08. The maximum Gasteiger partial charge on any atom is 0.420 e. The first-order valence-corrected chi connectivity index (χ1v) is 3.15. The number of ether oxygens (including phenoxy) is 1. The molecule has 0 spiro atoms. The highest BCUT2D eigenvalue weighted by Crippen LogP contribution is 2.30. The number of halogens is 3. The van der Waals surface area contributed by atoms with E-state index in [2.05, 4.69) is 9.84 Å². The van der Waals surface area contributed by atoms with E-state index in [1.54, 1.807) is 0 Å². The molecule has 0 unspecified atom stereocenters. The fourth-order valence-corrected chi connectivity index (χ4v) is 0.759. The number of alkyl halides is 3. The molecule has 0 fully saturated rings. The SMILES string of the molecule is COC(=O)c1[nH]ncc1C(F)(F)F. The van der Waals surface area contributed by atoms with Gasteiger partial charge in [-0.2, -0.15) is 18.3 Å². The zero-order valence-electron chi connectivity index (χ0n) is 6.47. The number of aromatic amines is 1. The first-order chi connectivity index (χ1) is 5.96. The number of hydrogen-bond donors (Lipinski definition) is 1. The minimum atomic E-state index is -4.60. The van der Waals surface area contributed by atoms with E-state index in [1.807, 2.05) is 5.10 Å². The Balaban J connectivity index is 3.10. The molecule has 72 valence electrons. The van der Waals surface area contributed by atoms with Gasteiger partial charge in [0.05, 0.1) is 13.3 Å². The van der Waals surface area contributed by atoms with E-state index in [4.69, 9.17) is 0 Å². The Morgan fingerprint density at radius 3 is 2.69 bits per heavy atom. The van der Waals surface area contributed by atoms with Gasteiger partial charge in [-0.15, -0.1) is 0 Å². The van der Waals surface area contributed by atoms with Gasteiger partial charge in [0.2, 0.25) is 0 Å². The monoisotopic (exact) mass is 194 g/mol. The average molecular weight is 194 g/mol. The highest BCUT2D eigenvalue weighted by Gasteiger charge is 2.37. The van der Waals surface area contributed by atoms with Crippen LogP contribution in [0.1, 0.15) is 16.1 Å². The summed E-state index contributed by atoms with van der Waals surface area (Å²) < 4.78 is 40.5.